The topological polar surface area (TPSA) is 176 Å². The Bertz CT molecular complexity index is 1460. The van der Waals surface area contributed by atoms with E-state index >= 15 is 4.79 Å². The lowest BCUT2D eigenvalue weighted by molar-refractivity contribution is -0.230. The Morgan fingerprint density at radius 3 is 1.76 bits per heavy atom. The summed E-state index contributed by atoms with van der Waals surface area (Å²) in [5.41, 5.74) is -7.00. The van der Waals surface area contributed by atoms with Gasteiger partial charge in [0, 0.05) is 55.0 Å². The second-order valence-corrected chi connectivity index (χ2v) is 18.4. The SMILES string of the molecule is CN(C)CC1C(=O)O[C@@H]2[C@@H]3[C@@H](C[C@@]45OC(C)(C)O[C@@]34CC[C@]53C(=O)C[C@@H]4C3[C@H]3OC(=O)C(CN(C)C)[C@@H]3CCC4(O)CO)C(O)(CO)CC[C@@H]12. The first-order valence-corrected chi connectivity index (χ1v) is 18.7. The fourth-order valence-electron chi connectivity index (χ4n) is 13.5. The summed E-state index contributed by atoms with van der Waals surface area (Å²) in [6, 6.07) is 0. The van der Waals surface area contributed by atoms with E-state index in [1.807, 2.05) is 51.8 Å². The van der Waals surface area contributed by atoms with Crippen LogP contribution < -0.4 is 0 Å². The Morgan fingerprint density at radius 2 is 1.24 bits per heavy atom. The van der Waals surface area contributed by atoms with E-state index in [-0.39, 0.29) is 55.2 Å². The molecule has 13 heteroatoms. The third-order valence-corrected chi connectivity index (χ3v) is 15.1. The number of nitrogens with zero attached hydrogens (tertiary/aromatic N) is 2. The first kappa shape index (κ1) is 35.3. The van der Waals surface area contributed by atoms with Gasteiger partial charge in [-0.3, -0.25) is 14.4 Å². The van der Waals surface area contributed by atoms with E-state index < -0.39 is 94.5 Å². The molecule has 3 aliphatic heterocycles. The molecular formula is C37H56N2O11. The van der Waals surface area contributed by atoms with Crippen LogP contribution in [0, 0.1) is 52.8 Å². The maximum absolute atomic E-state index is 15.2. The zero-order valence-electron chi connectivity index (χ0n) is 30.3. The van der Waals surface area contributed by atoms with Gasteiger partial charge in [0.1, 0.15) is 29.2 Å². The van der Waals surface area contributed by atoms with Crippen LogP contribution in [0.4, 0.5) is 0 Å². The van der Waals surface area contributed by atoms with Crippen molar-refractivity contribution in [3.8, 4) is 0 Å². The summed E-state index contributed by atoms with van der Waals surface area (Å²) >= 11 is 0. The lowest BCUT2D eigenvalue weighted by Gasteiger charge is -2.49. The van der Waals surface area contributed by atoms with Gasteiger partial charge >= 0.3 is 11.9 Å². The number of aliphatic hydroxyl groups is 4. The van der Waals surface area contributed by atoms with Crippen molar-refractivity contribution in [2.24, 2.45) is 52.8 Å². The van der Waals surface area contributed by atoms with E-state index in [1.54, 1.807) is 0 Å². The largest absolute Gasteiger partial charge is 0.461 e. The van der Waals surface area contributed by atoms with E-state index in [9.17, 15) is 30.0 Å². The van der Waals surface area contributed by atoms with Gasteiger partial charge in [-0.2, -0.15) is 0 Å². The Hall–Kier alpha value is -1.71. The van der Waals surface area contributed by atoms with Gasteiger partial charge in [-0.15, -0.1) is 0 Å². The predicted molar refractivity (Wildman–Crippen MR) is 175 cm³/mol. The summed E-state index contributed by atoms with van der Waals surface area (Å²) in [5, 5.41) is 46.3. The van der Waals surface area contributed by atoms with E-state index in [1.165, 1.54) is 0 Å². The van der Waals surface area contributed by atoms with Crippen LogP contribution in [0.1, 0.15) is 65.2 Å². The van der Waals surface area contributed by atoms with Crippen LogP contribution in [0.15, 0.2) is 0 Å². The number of carbonyl (C=O) groups excluding carboxylic acids is 3. The first-order valence-electron chi connectivity index (χ1n) is 18.7. The van der Waals surface area contributed by atoms with Crippen molar-refractivity contribution < 1.29 is 53.8 Å². The number of Topliss-reactive ketones (excluding diaryl/α,β-unsaturated/α-hetero) is 1. The summed E-state index contributed by atoms with van der Waals surface area (Å²) in [7, 11) is 7.63. The van der Waals surface area contributed by atoms with Gasteiger partial charge in [-0.05, 0) is 87.0 Å². The molecule has 5 aliphatic carbocycles. The molecule has 280 valence electrons. The quantitative estimate of drug-likeness (QED) is 0.279. The van der Waals surface area contributed by atoms with E-state index in [0.29, 0.717) is 38.8 Å². The first-order chi connectivity index (χ1) is 23.4. The number of esters is 2. The Balaban J connectivity index is 1.32. The number of rotatable bonds is 6. The lowest BCUT2D eigenvalue weighted by atomic mass is 9.58. The Morgan fingerprint density at radius 1 is 0.720 bits per heavy atom. The van der Waals surface area contributed by atoms with Gasteiger partial charge in [0.2, 0.25) is 0 Å². The molecule has 50 heavy (non-hydrogen) atoms. The standard InChI is InChI=1S/C37H56N2O11/c1-32(2)49-36-12-11-35(25(42)13-23-26(35)28-19(7-9-33(23,45)17-40)21(15-38(3)4)30(43)47-28)37(36,50-32)14-24-27(36)29-20(8-10-34(24,46)18-41)22(16-39(5)6)31(44)48-29/h19-24,26-29,40-41,45-46H,7-18H2,1-6H3/t19-,20-,21?,22?,23+,24+,26?,27-,28-,29-,33?,34?,35+,36-,37-/m0/s1. The number of fused-ring (bicyclic) bond motifs is 7. The van der Waals surface area contributed by atoms with E-state index in [2.05, 4.69) is 0 Å². The molecule has 8 aliphatic rings. The van der Waals surface area contributed by atoms with Crippen molar-refractivity contribution in [1.82, 2.24) is 9.80 Å². The molecule has 0 radical (unpaired) electrons. The molecule has 0 aromatic carbocycles. The highest BCUT2D eigenvalue weighted by molar-refractivity contribution is 5.91. The number of aliphatic hydroxyl groups excluding tert-OH is 2. The summed E-state index contributed by atoms with van der Waals surface area (Å²) in [4.78, 5) is 46.4. The highest BCUT2D eigenvalue weighted by atomic mass is 16.8. The Kier molecular flexibility index (Phi) is 7.88. The van der Waals surface area contributed by atoms with Gasteiger partial charge in [0.15, 0.2) is 5.79 Å². The molecular weight excluding hydrogens is 648 g/mol. The normalized spacial score (nSPS) is 53.1. The predicted octanol–water partition coefficient (Wildman–Crippen LogP) is 0.342. The van der Waals surface area contributed by atoms with Crippen molar-refractivity contribution in [3.05, 3.63) is 0 Å². The minimum Gasteiger partial charge on any atom is -0.461 e. The summed E-state index contributed by atoms with van der Waals surface area (Å²) in [6.45, 7) is 3.53. The minimum atomic E-state index is -1.58. The van der Waals surface area contributed by atoms with E-state index in [0.717, 1.165) is 0 Å². The fourth-order valence-corrected chi connectivity index (χ4v) is 13.5. The monoisotopic (exact) mass is 704 g/mol. The molecule has 8 rings (SSSR count). The van der Waals surface area contributed by atoms with E-state index in [4.69, 9.17) is 18.9 Å². The third-order valence-electron chi connectivity index (χ3n) is 15.1. The van der Waals surface area contributed by atoms with Crippen LogP contribution in [0.5, 0.6) is 0 Å². The molecule has 3 heterocycles. The maximum Gasteiger partial charge on any atom is 0.310 e. The molecule has 4 N–H and O–H groups in total. The van der Waals surface area contributed by atoms with Crippen LogP contribution in [0.2, 0.25) is 0 Å². The average molecular weight is 705 g/mol. The van der Waals surface area contributed by atoms with Gasteiger partial charge in [-0.1, -0.05) is 0 Å². The number of carbonyl (C=O) groups is 3. The van der Waals surface area contributed by atoms with Crippen LogP contribution in [-0.4, -0.2) is 143 Å². The highest BCUT2D eigenvalue weighted by Gasteiger charge is 2.90. The summed E-state index contributed by atoms with van der Waals surface area (Å²) in [6.07, 6.45) is 0.894. The molecule has 0 bridgehead atoms. The second kappa shape index (κ2) is 11.2. The number of hydrogen-bond acceptors (Lipinski definition) is 13. The molecule has 13 nitrogen and oxygen atoms in total. The van der Waals surface area contributed by atoms with Gasteiger partial charge < -0.3 is 49.2 Å². The summed E-state index contributed by atoms with van der Waals surface area (Å²) in [5.74, 6) is -5.97. The second-order valence-electron chi connectivity index (χ2n) is 18.4. The highest BCUT2D eigenvalue weighted by Crippen LogP contribution is 2.80. The van der Waals surface area contributed by atoms with Crippen LogP contribution >= 0.6 is 0 Å². The number of hydrogen-bond donors (Lipinski definition) is 4. The van der Waals surface area contributed by atoms with Crippen molar-refractivity contribution in [3.63, 3.8) is 0 Å². The van der Waals surface area contributed by atoms with Crippen molar-refractivity contribution in [2.75, 3.05) is 54.5 Å². The van der Waals surface area contributed by atoms with Crippen LogP contribution in [0.3, 0.4) is 0 Å². The van der Waals surface area contributed by atoms with Gasteiger partial charge in [0.05, 0.1) is 41.7 Å². The zero-order valence-corrected chi connectivity index (χ0v) is 30.3. The van der Waals surface area contributed by atoms with Crippen molar-refractivity contribution in [1.29, 1.82) is 0 Å². The molecule has 5 unspecified atom stereocenters. The van der Waals surface area contributed by atoms with Gasteiger partial charge in [-0.25, -0.2) is 0 Å². The lowest BCUT2D eigenvalue weighted by Crippen LogP contribution is -2.62. The summed E-state index contributed by atoms with van der Waals surface area (Å²) < 4.78 is 27.0. The van der Waals surface area contributed by atoms with Crippen LogP contribution in [-0.2, 0) is 33.3 Å². The molecule has 3 saturated heterocycles. The van der Waals surface area contributed by atoms with Crippen molar-refractivity contribution in [2.45, 2.75) is 106 Å². The van der Waals surface area contributed by atoms with Crippen LogP contribution in [0.25, 0.3) is 0 Å². The molecule has 0 aromatic rings. The van der Waals surface area contributed by atoms with Gasteiger partial charge in [0.25, 0.3) is 0 Å². The molecule has 15 atom stereocenters. The Labute approximate surface area is 293 Å². The molecule has 1 spiro atoms. The average Bonchev–Trinajstić information content (AvgIpc) is 3.76. The molecule has 5 saturated carbocycles. The van der Waals surface area contributed by atoms with Crippen molar-refractivity contribution >= 4 is 17.7 Å². The number of ketones is 1. The number of ether oxygens (including phenoxy) is 4. The molecule has 0 amide bonds. The minimum absolute atomic E-state index is 0.0198. The molecule has 8 fully saturated rings. The zero-order chi connectivity index (χ0) is 36.0. The fraction of sp³-hybridized carbons (Fsp3) is 0.919. The maximum atomic E-state index is 15.2. The molecule has 0 aromatic heterocycles. The smallest absolute Gasteiger partial charge is 0.310 e. The third kappa shape index (κ3) is 4.32.